The summed E-state index contributed by atoms with van der Waals surface area (Å²) in [5.74, 6) is -1.01. The fourth-order valence-electron chi connectivity index (χ4n) is 3.28. The predicted molar refractivity (Wildman–Crippen MR) is 74.1 cm³/mol. The third-order valence-electron chi connectivity index (χ3n) is 4.34. The van der Waals surface area contributed by atoms with Crippen LogP contribution in [-0.4, -0.2) is 40.7 Å². The fourth-order valence-corrected chi connectivity index (χ4v) is 3.28. The van der Waals surface area contributed by atoms with Crippen LogP contribution in [0, 0.1) is 5.92 Å². The van der Waals surface area contributed by atoms with Crippen molar-refractivity contribution < 1.29 is 19.4 Å². The lowest BCUT2D eigenvalue weighted by molar-refractivity contribution is 0.0509. The van der Waals surface area contributed by atoms with Crippen molar-refractivity contribution in [2.45, 2.75) is 37.8 Å². The monoisotopic (exact) mass is 290 g/mol. The van der Waals surface area contributed by atoms with Gasteiger partial charge in [0.2, 0.25) is 0 Å². The highest BCUT2D eigenvalue weighted by atomic mass is 16.5. The van der Waals surface area contributed by atoms with Crippen LogP contribution in [0.5, 0.6) is 0 Å². The highest BCUT2D eigenvalue weighted by Crippen LogP contribution is 2.34. The van der Waals surface area contributed by atoms with Gasteiger partial charge in [0.1, 0.15) is 5.69 Å². The molecule has 2 N–H and O–H groups in total. The zero-order valence-corrected chi connectivity index (χ0v) is 11.6. The molecule has 6 heteroatoms. The minimum absolute atomic E-state index is 0.0703. The van der Waals surface area contributed by atoms with E-state index in [0.717, 1.165) is 32.3 Å². The summed E-state index contributed by atoms with van der Waals surface area (Å²) in [6.07, 6.45) is 5.61. The topological polar surface area (TPSA) is 88.5 Å². The van der Waals surface area contributed by atoms with Gasteiger partial charge in [-0.2, -0.15) is 0 Å². The van der Waals surface area contributed by atoms with E-state index in [9.17, 15) is 9.59 Å². The molecule has 3 atom stereocenters. The standard InChI is InChI=1S/C15H18N2O4/c18-14(12-8-9(15(19)20)4-6-16-12)17-11-2-1-3-13-10(11)5-7-21-13/h4,6,8,10-11,13H,1-3,5,7H2,(H,17,18)(H,19,20). The minimum Gasteiger partial charge on any atom is -0.478 e. The summed E-state index contributed by atoms with van der Waals surface area (Å²) in [6, 6.07) is 2.78. The smallest absolute Gasteiger partial charge is 0.335 e. The number of carbonyl (C=O) groups is 2. The lowest BCUT2D eigenvalue weighted by atomic mass is 9.82. The van der Waals surface area contributed by atoms with Gasteiger partial charge in [0.25, 0.3) is 5.91 Å². The van der Waals surface area contributed by atoms with Crippen LogP contribution in [0.1, 0.15) is 46.5 Å². The quantitative estimate of drug-likeness (QED) is 0.880. The maximum absolute atomic E-state index is 12.3. The molecule has 0 radical (unpaired) electrons. The third kappa shape index (κ3) is 2.90. The second kappa shape index (κ2) is 5.81. The van der Waals surface area contributed by atoms with E-state index in [0.29, 0.717) is 5.92 Å². The SMILES string of the molecule is O=C(O)c1ccnc(C(=O)NC2CCCC3OCCC23)c1. The zero-order valence-electron chi connectivity index (χ0n) is 11.6. The number of nitrogens with one attached hydrogen (secondary N) is 1. The summed E-state index contributed by atoms with van der Waals surface area (Å²) in [5, 5.41) is 12.0. The Morgan fingerprint density at radius 2 is 2.19 bits per heavy atom. The van der Waals surface area contributed by atoms with Crippen molar-refractivity contribution in [3.63, 3.8) is 0 Å². The van der Waals surface area contributed by atoms with E-state index in [1.54, 1.807) is 0 Å². The number of amides is 1. The normalized spacial score (nSPS) is 27.9. The molecule has 0 bridgehead atoms. The predicted octanol–water partition coefficient (Wildman–Crippen LogP) is 1.47. The summed E-state index contributed by atoms with van der Waals surface area (Å²) < 4.78 is 5.68. The fraction of sp³-hybridized carbons (Fsp3) is 0.533. The van der Waals surface area contributed by atoms with Crippen LogP contribution in [0.3, 0.4) is 0 Å². The van der Waals surface area contributed by atoms with Crippen LogP contribution in [0.25, 0.3) is 0 Å². The largest absolute Gasteiger partial charge is 0.478 e. The first-order valence-corrected chi connectivity index (χ1v) is 7.27. The lowest BCUT2D eigenvalue weighted by Gasteiger charge is -2.33. The van der Waals surface area contributed by atoms with Crippen molar-refractivity contribution in [2.75, 3.05) is 6.61 Å². The number of pyridine rings is 1. The van der Waals surface area contributed by atoms with Crippen molar-refractivity contribution in [1.29, 1.82) is 0 Å². The number of aromatic carboxylic acids is 1. The average Bonchev–Trinajstić information content (AvgIpc) is 2.97. The Morgan fingerprint density at radius 1 is 1.33 bits per heavy atom. The van der Waals surface area contributed by atoms with E-state index in [1.165, 1.54) is 18.3 Å². The molecule has 1 aromatic rings. The van der Waals surface area contributed by atoms with Gasteiger partial charge in [-0.05, 0) is 37.8 Å². The van der Waals surface area contributed by atoms with Crippen LogP contribution in [0.2, 0.25) is 0 Å². The summed E-state index contributed by atoms with van der Waals surface area (Å²) in [5.41, 5.74) is 0.219. The molecule has 1 amide bonds. The molecular formula is C15H18N2O4. The molecule has 112 valence electrons. The molecule has 0 spiro atoms. The number of hydrogen-bond acceptors (Lipinski definition) is 4. The third-order valence-corrected chi connectivity index (χ3v) is 4.34. The molecule has 0 aromatic carbocycles. The maximum Gasteiger partial charge on any atom is 0.335 e. The van der Waals surface area contributed by atoms with Gasteiger partial charge in [-0.25, -0.2) is 4.79 Å². The van der Waals surface area contributed by atoms with Crippen LogP contribution in [0.15, 0.2) is 18.3 Å². The van der Waals surface area contributed by atoms with E-state index in [4.69, 9.17) is 9.84 Å². The van der Waals surface area contributed by atoms with Gasteiger partial charge in [-0.1, -0.05) is 0 Å². The molecular weight excluding hydrogens is 272 g/mol. The number of hydrogen-bond donors (Lipinski definition) is 2. The number of nitrogens with zero attached hydrogens (tertiary/aromatic N) is 1. The number of carboxylic acids is 1. The summed E-state index contributed by atoms with van der Waals surface area (Å²) in [4.78, 5) is 27.2. The van der Waals surface area contributed by atoms with E-state index >= 15 is 0 Å². The first-order valence-electron chi connectivity index (χ1n) is 7.27. The van der Waals surface area contributed by atoms with Crippen LogP contribution < -0.4 is 5.32 Å². The molecule has 1 aliphatic carbocycles. The van der Waals surface area contributed by atoms with Gasteiger partial charge in [0.05, 0.1) is 11.7 Å². The summed E-state index contributed by atoms with van der Waals surface area (Å²) in [7, 11) is 0. The van der Waals surface area contributed by atoms with E-state index in [1.807, 2.05) is 0 Å². The van der Waals surface area contributed by atoms with Crippen molar-refractivity contribution in [3.05, 3.63) is 29.6 Å². The Morgan fingerprint density at radius 3 is 3.00 bits per heavy atom. The van der Waals surface area contributed by atoms with Crippen LogP contribution in [0.4, 0.5) is 0 Å². The number of ether oxygens (including phenoxy) is 1. The van der Waals surface area contributed by atoms with Gasteiger partial charge in [-0.15, -0.1) is 0 Å². The molecule has 1 aliphatic heterocycles. The van der Waals surface area contributed by atoms with Gasteiger partial charge in [-0.3, -0.25) is 9.78 Å². The number of carbonyl (C=O) groups excluding carboxylic acids is 1. The highest BCUT2D eigenvalue weighted by molar-refractivity contribution is 5.95. The Kier molecular flexibility index (Phi) is 3.88. The Bertz CT molecular complexity index is 560. The number of carboxylic acid groups (broad SMARTS) is 1. The number of fused-ring (bicyclic) bond motifs is 1. The molecule has 21 heavy (non-hydrogen) atoms. The molecule has 2 aliphatic rings. The minimum atomic E-state index is -1.06. The van der Waals surface area contributed by atoms with Gasteiger partial charge >= 0.3 is 5.97 Å². The van der Waals surface area contributed by atoms with Crippen molar-refractivity contribution >= 4 is 11.9 Å². The van der Waals surface area contributed by atoms with Crippen LogP contribution in [-0.2, 0) is 4.74 Å². The van der Waals surface area contributed by atoms with Crippen molar-refractivity contribution in [2.24, 2.45) is 5.92 Å². The zero-order chi connectivity index (χ0) is 14.8. The summed E-state index contributed by atoms with van der Waals surface area (Å²) in [6.45, 7) is 0.758. The van der Waals surface area contributed by atoms with E-state index in [2.05, 4.69) is 10.3 Å². The molecule has 3 rings (SSSR count). The second-order valence-electron chi connectivity index (χ2n) is 5.61. The molecule has 1 saturated heterocycles. The molecule has 2 heterocycles. The molecule has 3 unspecified atom stereocenters. The summed E-state index contributed by atoms with van der Waals surface area (Å²) >= 11 is 0. The van der Waals surface area contributed by atoms with Gasteiger partial charge in [0.15, 0.2) is 0 Å². The average molecular weight is 290 g/mol. The lowest BCUT2D eigenvalue weighted by Crippen LogP contribution is -2.45. The number of rotatable bonds is 3. The molecule has 1 saturated carbocycles. The van der Waals surface area contributed by atoms with E-state index in [-0.39, 0.29) is 29.3 Å². The second-order valence-corrected chi connectivity index (χ2v) is 5.61. The Labute approximate surface area is 122 Å². The van der Waals surface area contributed by atoms with Crippen LogP contribution >= 0.6 is 0 Å². The van der Waals surface area contributed by atoms with E-state index < -0.39 is 5.97 Å². The first-order chi connectivity index (χ1) is 10.1. The Balaban J connectivity index is 1.71. The first kappa shape index (κ1) is 14.0. The highest BCUT2D eigenvalue weighted by Gasteiger charge is 2.38. The van der Waals surface area contributed by atoms with Gasteiger partial charge < -0.3 is 15.2 Å². The maximum atomic E-state index is 12.3. The Hall–Kier alpha value is -1.95. The van der Waals surface area contributed by atoms with Crippen molar-refractivity contribution in [1.82, 2.24) is 10.3 Å². The number of aromatic nitrogens is 1. The molecule has 6 nitrogen and oxygen atoms in total. The van der Waals surface area contributed by atoms with Gasteiger partial charge in [0, 0.05) is 24.8 Å². The molecule has 2 fully saturated rings. The van der Waals surface area contributed by atoms with Crippen molar-refractivity contribution in [3.8, 4) is 0 Å². The molecule has 1 aromatic heterocycles.